The van der Waals surface area contributed by atoms with Gasteiger partial charge < -0.3 is 10.1 Å². The standard InChI is InChI=1S/C12H16N4O/c1-9-6-10(7-13)16-12(15-9)14-8-11-4-2-3-5-17-11/h6,11H,2-5,8H2,1H3,(H,14,15,16). The second-order valence-corrected chi connectivity index (χ2v) is 4.20. The van der Waals surface area contributed by atoms with Crippen LogP contribution in [0, 0.1) is 18.3 Å². The lowest BCUT2D eigenvalue weighted by Crippen LogP contribution is -2.27. The van der Waals surface area contributed by atoms with Crippen LogP contribution in [0.5, 0.6) is 0 Å². The highest BCUT2D eigenvalue weighted by Crippen LogP contribution is 2.13. The SMILES string of the molecule is Cc1cc(C#N)nc(NCC2CCCCO2)n1. The van der Waals surface area contributed by atoms with Crippen LogP contribution >= 0.6 is 0 Å². The summed E-state index contributed by atoms with van der Waals surface area (Å²) in [6.07, 6.45) is 3.67. The third-order valence-corrected chi connectivity index (χ3v) is 2.73. The van der Waals surface area contributed by atoms with Crippen LogP contribution in [-0.4, -0.2) is 29.2 Å². The van der Waals surface area contributed by atoms with Crippen LogP contribution in [0.3, 0.4) is 0 Å². The van der Waals surface area contributed by atoms with E-state index in [1.165, 1.54) is 6.42 Å². The van der Waals surface area contributed by atoms with Gasteiger partial charge in [0.1, 0.15) is 11.8 Å². The number of hydrogen-bond donors (Lipinski definition) is 1. The number of anilines is 1. The highest BCUT2D eigenvalue weighted by Gasteiger charge is 2.13. The molecule has 0 radical (unpaired) electrons. The minimum absolute atomic E-state index is 0.235. The van der Waals surface area contributed by atoms with Crippen molar-refractivity contribution in [3.05, 3.63) is 17.5 Å². The molecule has 1 saturated heterocycles. The molecule has 0 aliphatic carbocycles. The predicted molar refractivity (Wildman–Crippen MR) is 63.6 cm³/mol. The van der Waals surface area contributed by atoms with Crippen molar-refractivity contribution in [2.45, 2.75) is 32.3 Å². The Morgan fingerprint density at radius 2 is 2.41 bits per heavy atom. The van der Waals surface area contributed by atoms with Gasteiger partial charge in [0.25, 0.3) is 0 Å². The third kappa shape index (κ3) is 3.40. The van der Waals surface area contributed by atoms with E-state index in [4.69, 9.17) is 10.00 Å². The Morgan fingerprint density at radius 3 is 3.12 bits per heavy atom. The van der Waals surface area contributed by atoms with E-state index in [0.717, 1.165) is 25.1 Å². The van der Waals surface area contributed by atoms with E-state index in [0.29, 0.717) is 18.2 Å². The molecular formula is C12H16N4O. The van der Waals surface area contributed by atoms with Gasteiger partial charge in [-0.2, -0.15) is 5.26 Å². The topological polar surface area (TPSA) is 70.8 Å². The summed E-state index contributed by atoms with van der Waals surface area (Å²) in [5.74, 6) is 0.510. The van der Waals surface area contributed by atoms with Crippen LogP contribution < -0.4 is 5.32 Å². The lowest BCUT2D eigenvalue weighted by atomic mass is 10.1. The molecule has 1 aromatic heterocycles. The van der Waals surface area contributed by atoms with E-state index in [1.54, 1.807) is 6.07 Å². The zero-order valence-corrected chi connectivity index (χ0v) is 9.94. The van der Waals surface area contributed by atoms with Crippen molar-refractivity contribution in [1.82, 2.24) is 9.97 Å². The van der Waals surface area contributed by atoms with Crippen LogP contribution in [-0.2, 0) is 4.74 Å². The summed E-state index contributed by atoms with van der Waals surface area (Å²) in [5.41, 5.74) is 1.19. The van der Waals surface area contributed by atoms with E-state index in [1.807, 2.05) is 13.0 Å². The van der Waals surface area contributed by atoms with Gasteiger partial charge >= 0.3 is 0 Å². The molecule has 1 aromatic rings. The molecule has 0 amide bonds. The molecule has 5 nitrogen and oxygen atoms in total. The molecule has 1 aliphatic heterocycles. The van der Waals surface area contributed by atoms with Crippen LogP contribution in [0.15, 0.2) is 6.07 Å². The molecule has 1 unspecified atom stereocenters. The molecule has 90 valence electrons. The minimum Gasteiger partial charge on any atom is -0.376 e. The Labute approximate surface area is 101 Å². The van der Waals surface area contributed by atoms with E-state index in [-0.39, 0.29) is 6.10 Å². The smallest absolute Gasteiger partial charge is 0.224 e. The largest absolute Gasteiger partial charge is 0.376 e. The zero-order valence-electron chi connectivity index (χ0n) is 9.94. The van der Waals surface area contributed by atoms with Gasteiger partial charge in [-0.1, -0.05) is 0 Å². The quantitative estimate of drug-likeness (QED) is 0.857. The maximum Gasteiger partial charge on any atom is 0.224 e. The summed E-state index contributed by atoms with van der Waals surface area (Å²) in [4.78, 5) is 8.33. The molecule has 1 fully saturated rings. The Balaban J connectivity index is 1.94. The molecule has 0 saturated carbocycles. The Morgan fingerprint density at radius 1 is 1.53 bits per heavy atom. The number of aromatic nitrogens is 2. The number of aryl methyl sites for hydroxylation is 1. The first-order valence-corrected chi connectivity index (χ1v) is 5.89. The van der Waals surface area contributed by atoms with Crippen molar-refractivity contribution in [3.8, 4) is 6.07 Å². The van der Waals surface area contributed by atoms with E-state index in [2.05, 4.69) is 15.3 Å². The van der Waals surface area contributed by atoms with Crippen molar-refractivity contribution in [2.75, 3.05) is 18.5 Å². The third-order valence-electron chi connectivity index (χ3n) is 2.73. The van der Waals surface area contributed by atoms with Gasteiger partial charge in [-0.25, -0.2) is 9.97 Å². The lowest BCUT2D eigenvalue weighted by molar-refractivity contribution is 0.0246. The zero-order chi connectivity index (χ0) is 12.1. The molecular weight excluding hydrogens is 216 g/mol. The van der Waals surface area contributed by atoms with Crippen molar-refractivity contribution in [3.63, 3.8) is 0 Å². The first-order valence-electron chi connectivity index (χ1n) is 5.89. The highest BCUT2D eigenvalue weighted by atomic mass is 16.5. The fraction of sp³-hybridized carbons (Fsp3) is 0.583. The lowest BCUT2D eigenvalue weighted by Gasteiger charge is -2.22. The fourth-order valence-electron chi connectivity index (χ4n) is 1.88. The van der Waals surface area contributed by atoms with Gasteiger partial charge in [-0.3, -0.25) is 0 Å². The minimum atomic E-state index is 0.235. The van der Waals surface area contributed by atoms with Gasteiger partial charge in [0.15, 0.2) is 0 Å². The molecule has 2 rings (SSSR count). The van der Waals surface area contributed by atoms with Crippen molar-refractivity contribution in [1.29, 1.82) is 5.26 Å². The molecule has 0 aromatic carbocycles. The number of nitriles is 1. The molecule has 5 heteroatoms. The maximum absolute atomic E-state index is 8.81. The average molecular weight is 232 g/mol. The van der Waals surface area contributed by atoms with E-state index in [9.17, 15) is 0 Å². The Hall–Kier alpha value is -1.67. The predicted octanol–water partition coefficient (Wildman–Crippen LogP) is 1.64. The number of ether oxygens (including phenoxy) is 1. The van der Waals surface area contributed by atoms with Crippen LogP contribution in [0.4, 0.5) is 5.95 Å². The number of nitrogens with one attached hydrogen (secondary N) is 1. The summed E-state index contributed by atoms with van der Waals surface area (Å²) in [6, 6.07) is 3.69. The van der Waals surface area contributed by atoms with Crippen LogP contribution in [0.2, 0.25) is 0 Å². The molecule has 0 bridgehead atoms. The maximum atomic E-state index is 8.81. The van der Waals surface area contributed by atoms with Gasteiger partial charge in [-0.05, 0) is 32.3 Å². The first kappa shape index (κ1) is 11.8. The Bertz CT molecular complexity index is 421. The molecule has 1 aliphatic rings. The van der Waals surface area contributed by atoms with Gasteiger partial charge in [0.05, 0.1) is 6.10 Å². The Kier molecular flexibility index (Phi) is 3.89. The van der Waals surface area contributed by atoms with Crippen molar-refractivity contribution >= 4 is 5.95 Å². The second kappa shape index (κ2) is 5.60. The van der Waals surface area contributed by atoms with Crippen molar-refractivity contribution in [2.24, 2.45) is 0 Å². The summed E-state index contributed by atoms with van der Waals surface area (Å²) >= 11 is 0. The summed E-state index contributed by atoms with van der Waals surface area (Å²) < 4.78 is 5.60. The molecule has 1 N–H and O–H groups in total. The molecule has 2 heterocycles. The number of hydrogen-bond acceptors (Lipinski definition) is 5. The first-order chi connectivity index (χ1) is 8.28. The fourth-order valence-corrected chi connectivity index (χ4v) is 1.88. The van der Waals surface area contributed by atoms with Crippen LogP contribution in [0.1, 0.15) is 30.7 Å². The second-order valence-electron chi connectivity index (χ2n) is 4.20. The number of nitrogens with zero attached hydrogens (tertiary/aromatic N) is 3. The van der Waals surface area contributed by atoms with Gasteiger partial charge in [-0.15, -0.1) is 0 Å². The van der Waals surface area contributed by atoms with E-state index < -0.39 is 0 Å². The summed E-state index contributed by atoms with van der Waals surface area (Å²) in [5, 5.41) is 11.9. The highest BCUT2D eigenvalue weighted by molar-refractivity contribution is 5.33. The molecule has 1 atom stereocenters. The summed E-state index contributed by atoms with van der Waals surface area (Å²) in [7, 11) is 0. The van der Waals surface area contributed by atoms with E-state index >= 15 is 0 Å². The normalized spacial score (nSPS) is 19.6. The average Bonchev–Trinajstić information content (AvgIpc) is 2.37. The summed E-state index contributed by atoms with van der Waals surface area (Å²) in [6.45, 7) is 3.39. The van der Waals surface area contributed by atoms with Crippen LogP contribution in [0.25, 0.3) is 0 Å². The molecule has 0 spiro atoms. The molecule has 17 heavy (non-hydrogen) atoms. The van der Waals surface area contributed by atoms with Gasteiger partial charge in [0.2, 0.25) is 5.95 Å². The number of rotatable bonds is 3. The van der Waals surface area contributed by atoms with Gasteiger partial charge in [0, 0.05) is 18.8 Å². The monoisotopic (exact) mass is 232 g/mol. The van der Waals surface area contributed by atoms with Crippen molar-refractivity contribution < 1.29 is 4.74 Å².